The Kier molecular flexibility index (Phi) is 2.19. The van der Waals surface area contributed by atoms with Gasteiger partial charge in [0.05, 0.1) is 17.5 Å². The van der Waals surface area contributed by atoms with Gasteiger partial charge in [0.15, 0.2) is 5.58 Å². The number of benzene rings is 1. The molecule has 1 unspecified atom stereocenters. The summed E-state index contributed by atoms with van der Waals surface area (Å²) in [5.41, 5.74) is 2.82. The van der Waals surface area contributed by atoms with Crippen LogP contribution in [0.5, 0.6) is 0 Å². The lowest BCUT2D eigenvalue weighted by molar-refractivity contribution is 0.588. The number of halogens is 1. The molecular formula is C14H12ClNO2. The first-order valence-corrected chi connectivity index (χ1v) is 6.53. The molecule has 4 rings (SSSR count). The van der Waals surface area contributed by atoms with Crippen molar-refractivity contribution in [2.75, 3.05) is 6.54 Å². The molecule has 0 radical (unpaired) electrons. The normalized spacial score (nSPS) is 20.2. The van der Waals surface area contributed by atoms with Crippen molar-refractivity contribution in [3.8, 4) is 0 Å². The Hall–Kier alpha value is -1.45. The number of furan rings is 2. The summed E-state index contributed by atoms with van der Waals surface area (Å²) < 4.78 is 11.2. The highest BCUT2D eigenvalue weighted by molar-refractivity contribution is 6.40. The molecule has 18 heavy (non-hydrogen) atoms. The van der Waals surface area contributed by atoms with Gasteiger partial charge in [0.2, 0.25) is 0 Å². The van der Waals surface area contributed by atoms with Crippen LogP contribution in [0.2, 0.25) is 5.02 Å². The van der Waals surface area contributed by atoms with Gasteiger partial charge in [-0.3, -0.25) is 0 Å². The maximum absolute atomic E-state index is 6.36. The lowest BCUT2D eigenvalue weighted by Crippen LogP contribution is -2.13. The fourth-order valence-corrected chi connectivity index (χ4v) is 3.20. The average molecular weight is 262 g/mol. The van der Waals surface area contributed by atoms with Crippen molar-refractivity contribution in [3.63, 3.8) is 0 Å². The molecule has 0 aliphatic carbocycles. The molecule has 1 N–H and O–H groups in total. The summed E-state index contributed by atoms with van der Waals surface area (Å²) >= 11 is 6.36. The van der Waals surface area contributed by atoms with Gasteiger partial charge in [0, 0.05) is 22.4 Å². The van der Waals surface area contributed by atoms with Gasteiger partial charge in [-0.1, -0.05) is 11.6 Å². The first-order chi connectivity index (χ1) is 8.86. The van der Waals surface area contributed by atoms with Crippen molar-refractivity contribution in [2.45, 2.75) is 18.9 Å². The third kappa shape index (κ3) is 1.29. The predicted octanol–water partition coefficient (Wildman–Crippen LogP) is 4.26. The van der Waals surface area contributed by atoms with Crippen molar-refractivity contribution < 1.29 is 8.83 Å². The van der Waals surface area contributed by atoms with Crippen LogP contribution in [0.3, 0.4) is 0 Å². The minimum absolute atomic E-state index is 0.330. The highest BCUT2D eigenvalue weighted by Gasteiger charge is 2.25. The summed E-state index contributed by atoms with van der Waals surface area (Å²) in [6.07, 6.45) is 5.69. The van der Waals surface area contributed by atoms with Crippen LogP contribution in [0, 0.1) is 0 Å². The van der Waals surface area contributed by atoms with Crippen molar-refractivity contribution in [3.05, 3.63) is 35.2 Å². The highest BCUT2D eigenvalue weighted by Crippen LogP contribution is 2.41. The molecular weight excluding hydrogens is 250 g/mol. The standard InChI is InChI=1S/C14H12ClNO2/c15-12-9-4-7-17-13(9)11(10-2-1-5-16-10)8-3-6-18-14(8)12/h3-4,6-7,10,16H,1-2,5H2. The molecule has 0 spiro atoms. The number of nitrogens with one attached hydrogen (secondary N) is 1. The largest absolute Gasteiger partial charge is 0.464 e. The minimum atomic E-state index is 0.330. The van der Waals surface area contributed by atoms with E-state index in [0.29, 0.717) is 11.1 Å². The second-order valence-electron chi connectivity index (χ2n) is 4.70. The van der Waals surface area contributed by atoms with E-state index >= 15 is 0 Å². The quantitative estimate of drug-likeness (QED) is 0.711. The first kappa shape index (κ1) is 10.5. The Balaban J connectivity index is 2.14. The Morgan fingerprint density at radius 3 is 2.67 bits per heavy atom. The molecule has 1 atom stereocenters. The third-order valence-electron chi connectivity index (χ3n) is 3.71. The molecule has 1 fully saturated rings. The van der Waals surface area contributed by atoms with E-state index in [0.717, 1.165) is 34.9 Å². The van der Waals surface area contributed by atoms with Gasteiger partial charge in [-0.2, -0.15) is 0 Å². The van der Waals surface area contributed by atoms with Crippen LogP contribution in [0.1, 0.15) is 24.4 Å². The zero-order valence-electron chi connectivity index (χ0n) is 9.70. The fourth-order valence-electron chi connectivity index (χ4n) is 2.90. The summed E-state index contributed by atoms with van der Waals surface area (Å²) in [5, 5.41) is 6.14. The van der Waals surface area contributed by atoms with Crippen LogP contribution >= 0.6 is 11.6 Å². The SMILES string of the molecule is Clc1c2ccoc2c(C2CCCN2)c2ccoc12. The smallest absolute Gasteiger partial charge is 0.153 e. The van der Waals surface area contributed by atoms with Crippen molar-refractivity contribution in [2.24, 2.45) is 0 Å². The second kappa shape index (κ2) is 3.77. The van der Waals surface area contributed by atoms with Crippen LogP contribution in [0.15, 0.2) is 33.5 Å². The number of fused-ring (bicyclic) bond motifs is 2. The molecule has 3 nitrogen and oxygen atoms in total. The Bertz CT molecular complexity index is 670. The Morgan fingerprint density at radius 2 is 1.89 bits per heavy atom. The monoisotopic (exact) mass is 261 g/mol. The summed E-state index contributed by atoms with van der Waals surface area (Å²) in [7, 11) is 0. The van der Waals surface area contributed by atoms with Gasteiger partial charge in [-0.05, 0) is 31.5 Å². The van der Waals surface area contributed by atoms with Crippen molar-refractivity contribution in [1.29, 1.82) is 0 Å². The summed E-state index contributed by atoms with van der Waals surface area (Å²) in [6, 6.07) is 4.20. The van der Waals surface area contributed by atoms with Gasteiger partial charge < -0.3 is 14.2 Å². The highest BCUT2D eigenvalue weighted by atomic mass is 35.5. The third-order valence-corrected chi connectivity index (χ3v) is 4.09. The van der Waals surface area contributed by atoms with Crippen LogP contribution < -0.4 is 5.32 Å². The van der Waals surface area contributed by atoms with Gasteiger partial charge in [0.25, 0.3) is 0 Å². The van der Waals surface area contributed by atoms with E-state index in [2.05, 4.69) is 5.32 Å². The van der Waals surface area contributed by atoms with Crippen LogP contribution in [0.25, 0.3) is 21.9 Å². The number of rotatable bonds is 1. The van der Waals surface area contributed by atoms with E-state index in [9.17, 15) is 0 Å². The molecule has 0 amide bonds. The average Bonchev–Trinajstić information content (AvgIpc) is 3.11. The lowest BCUT2D eigenvalue weighted by Gasteiger charge is -2.13. The fraction of sp³-hybridized carbons (Fsp3) is 0.286. The van der Waals surface area contributed by atoms with Gasteiger partial charge in [-0.25, -0.2) is 0 Å². The molecule has 92 valence electrons. The molecule has 1 aliphatic rings. The molecule has 2 aromatic heterocycles. The molecule has 3 heterocycles. The maximum atomic E-state index is 6.36. The maximum Gasteiger partial charge on any atom is 0.153 e. The summed E-state index contributed by atoms with van der Waals surface area (Å²) in [6.45, 7) is 1.05. The second-order valence-corrected chi connectivity index (χ2v) is 5.08. The lowest BCUT2D eigenvalue weighted by atomic mass is 9.99. The molecule has 0 saturated carbocycles. The molecule has 3 aromatic rings. The number of hydrogen-bond acceptors (Lipinski definition) is 3. The van der Waals surface area contributed by atoms with Gasteiger partial charge in [-0.15, -0.1) is 0 Å². The summed E-state index contributed by atoms with van der Waals surface area (Å²) in [4.78, 5) is 0. The number of hydrogen-bond donors (Lipinski definition) is 1. The van der Waals surface area contributed by atoms with Crippen LogP contribution in [0.4, 0.5) is 0 Å². The zero-order chi connectivity index (χ0) is 12.1. The predicted molar refractivity (Wildman–Crippen MR) is 71.0 cm³/mol. The Labute approximate surface area is 109 Å². The van der Waals surface area contributed by atoms with Crippen LogP contribution in [-0.2, 0) is 0 Å². The first-order valence-electron chi connectivity index (χ1n) is 6.15. The van der Waals surface area contributed by atoms with E-state index < -0.39 is 0 Å². The molecule has 0 bridgehead atoms. The van der Waals surface area contributed by atoms with Gasteiger partial charge >= 0.3 is 0 Å². The van der Waals surface area contributed by atoms with Crippen molar-refractivity contribution >= 4 is 33.5 Å². The summed E-state index contributed by atoms with van der Waals surface area (Å²) in [5.74, 6) is 0. The van der Waals surface area contributed by atoms with E-state index in [1.54, 1.807) is 12.5 Å². The topological polar surface area (TPSA) is 38.3 Å². The molecule has 1 aliphatic heterocycles. The van der Waals surface area contributed by atoms with E-state index in [4.69, 9.17) is 20.4 Å². The minimum Gasteiger partial charge on any atom is -0.464 e. The van der Waals surface area contributed by atoms with E-state index in [1.165, 1.54) is 12.0 Å². The zero-order valence-corrected chi connectivity index (χ0v) is 10.5. The Morgan fingerprint density at radius 1 is 1.11 bits per heavy atom. The van der Waals surface area contributed by atoms with E-state index in [-0.39, 0.29) is 0 Å². The molecule has 4 heteroatoms. The van der Waals surface area contributed by atoms with Crippen LogP contribution in [-0.4, -0.2) is 6.54 Å². The van der Waals surface area contributed by atoms with Crippen molar-refractivity contribution in [1.82, 2.24) is 5.32 Å². The molecule has 1 aromatic carbocycles. The van der Waals surface area contributed by atoms with Gasteiger partial charge in [0.1, 0.15) is 5.58 Å². The molecule has 1 saturated heterocycles. The van der Waals surface area contributed by atoms with E-state index in [1.807, 2.05) is 12.1 Å².